The highest BCUT2D eigenvalue weighted by Gasteiger charge is 2.16. The first kappa shape index (κ1) is 15.5. The highest BCUT2D eigenvalue weighted by Crippen LogP contribution is 2.22. The highest BCUT2D eigenvalue weighted by molar-refractivity contribution is 5.54. The summed E-state index contributed by atoms with van der Waals surface area (Å²) in [5.41, 5.74) is 2.32. The lowest BCUT2D eigenvalue weighted by atomic mass is 9.94. The van der Waals surface area contributed by atoms with Crippen LogP contribution in [0.2, 0.25) is 0 Å². The average molecular weight is 294 g/mol. The number of nitrogens with two attached hydrogens (primary N) is 1. The van der Waals surface area contributed by atoms with Crippen LogP contribution in [-0.2, 0) is 0 Å². The molecule has 1 aromatic heterocycles. The van der Waals surface area contributed by atoms with Gasteiger partial charge in [0.05, 0.1) is 17.1 Å². The maximum absolute atomic E-state index is 10.8. The summed E-state index contributed by atoms with van der Waals surface area (Å²) in [7, 11) is 2.14. The maximum Gasteiger partial charge on any atom is 0.276 e. The van der Waals surface area contributed by atoms with Crippen molar-refractivity contribution >= 4 is 17.3 Å². The van der Waals surface area contributed by atoms with E-state index in [1.54, 1.807) is 0 Å². The maximum atomic E-state index is 10.8. The SMILES string of the molecule is CN1CCC(CCNc2cc([N+](=O)[O-])cc(NN)n2)CC1. The summed E-state index contributed by atoms with van der Waals surface area (Å²) in [6, 6.07) is 2.73. The van der Waals surface area contributed by atoms with E-state index in [1.807, 2.05) is 0 Å². The van der Waals surface area contributed by atoms with Crippen LogP contribution in [0.5, 0.6) is 0 Å². The van der Waals surface area contributed by atoms with Crippen LogP contribution in [0.25, 0.3) is 0 Å². The molecule has 0 unspecified atom stereocenters. The molecule has 0 radical (unpaired) electrons. The van der Waals surface area contributed by atoms with Gasteiger partial charge >= 0.3 is 0 Å². The fourth-order valence-corrected chi connectivity index (χ4v) is 2.54. The van der Waals surface area contributed by atoms with Crippen LogP contribution in [0.4, 0.5) is 17.3 Å². The number of pyridine rings is 1. The van der Waals surface area contributed by atoms with Gasteiger partial charge in [-0.25, -0.2) is 10.8 Å². The van der Waals surface area contributed by atoms with Crippen molar-refractivity contribution < 1.29 is 4.92 Å². The molecule has 1 fully saturated rings. The first-order valence-electron chi connectivity index (χ1n) is 7.14. The van der Waals surface area contributed by atoms with E-state index < -0.39 is 4.92 Å². The molecule has 1 aliphatic rings. The summed E-state index contributed by atoms with van der Waals surface area (Å²) in [4.78, 5) is 16.9. The van der Waals surface area contributed by atoms with Crippen LogP contribution < -0.4 is 16.6 Å². The fourth-order valence-electron chi connectivity index (χ4n) is 2.54. The van der Waals surface area contributed by atoms with Gasteiger partial charge in [0.1, 0.15) is 11.6 Å². The Balaban J connectivity index is 1.87. The molecule has 0 aromatic carbocycles. The molecule has 0 amide bonds. The number of rotatable bonds is 6. The smallest absolute Gasteiger partial charge is 0.276 e. The standard InChI is InChI=1S/C13H22N6O2/c1-18-6-3-10(4-7-18)2-5-15-12-8-11(19(20)21)9-13(16-12)17-14/h8-10H,2-7,14H2,1H3,(H2,15,16,17). The normalized spacial score (nSPS) is 16.7. The number of piperidine rings is 1. The first-order chi connectivity index (χ1) is 10.1. The Kier molecular flexibility index (Phi) is 5.29. The minimum Gasteiger partial charge on any atom is -0.370 e. The zero-order valence-corrected chi connectivity index (χ0v) is 12.2. The Labute approximate surface area is 123 Å². The number of nitrogen functional groups attached to an aromatic ring is 1. The third kappa shape index (κ3) is 4.54. The molecular weight excluding hydrogens is 272 g/mol. The van der Waals surface area contributed by atoms with Gasteiger partial charge in [-0.3, -0.25) is 10.1 Å². The van der Waals surface area contributed by atoms with Crippen LogP contribution in [0.15, 0.2) is 12.1 Å². The number of nitrogens with zero attached hydrogens (tertiary/aromatic N) is 3. The van der Waals surface area contributed by atoms with Gasteiger partial charge in [-0.2, -0.15) is 0 Å². The number of aromatic nitrogens is 1. The zero-order valence-electron chi connectivity index (χ0n) is 12.2. The van der Waals surface area contributed by atoms with Crippen molar-refractivity contribution in [2.24, 2.45) is 11.8 Å². The summed E-state index contributed by atoms with van der Waals surface area (Å²) in [6.07, 6.45) is 3.45. The molecule has 0 bridgehead atoms. The second-order valence-corrected chi connectivity index (χ2v) is 5.46. The number of anilines is 2. The number of likely N-dealkylation sites (tertiary alicyclic amines) is 1. The van der Waals surface area contributed by atoms with Crippen LogP contribution >= 0.6 is 0 Å². The molecule has 8 nitrogen and oxygen atoms in total. The fraction of sp³-hybridized carbons (Fsp3) is 0.615. The highest BCUT2D eigenvalue weighted by atomic mass is 16.6. The van der Waals surface area contributed by atoms with Gasteiger partial charge in [0.15, 0.2) is 0 Å². The van der Waals surface area contributed by atoms with Gasteiger partial charge in [0.2, 0.25) is 0 Å². The molecule has 0 saturated carbocycles. The summed E-state index contributed by atoms with van der Waals surface area (Å²) in [5, 5.41) is 14.0. The summed E-state index contributed by atoms with van der Waals surface area (Å²) in [6.45, 7) is 3.04. The van der Waals surface area contributed by atoms with E-state index in [0.717, 1.165) is 26.1 Å². The summed E-state index contributed by atoms with van der Waals surface area (Å²) in [5.74, 6) is 6.75. The van der Waals surface area contributed by atoms with E-state index in [4.69, 9.17) is 5.84 Å². The van der Waals surface area contributed by atoms with E-state index in [0.29, 0.717) is 11.7 Å². The number of hydrogen-bond donors (Lipinski definition) is 3. The van der Waals surface area contributed by atoms with Gasteiger partial charge in [-0.15, -0.1) is 0 Å². The van der Waals surface area contributed by atoms with Crippen LogP contribution in [-0.4, -0.2) is 41.5 Å². The van der Waals surface area contributed by atoms with E-state index in [1.165, 1.54) is 25.0 Å². The minimum atomic E-state index is -0.454. The molecule has 2 heterocycles. The third-order valence-electron chi connectivity index (χ3n) is 3.87. The van der Waals surface area contributed by atoms with Crippen molar-refractivity contribution in [1.29, 1.82) is 0 Å². The van der Waals surface area contributed by atoms with Crippen LogP contribution in [0.3, 0.4) is 0 Å². The molecule has 4 N–H and O–H groups in total. The second kappa shape index (κ2) is 7.19. The Morgan fingerprint density at radius 1 is 1.43 bits per heavy atom. The zero-order chi connectivity index (χ0) is 15.2. The molecule has 1 aromatic rings. The molecule has 1 saturated heterocycles. The van der Waals surface area contributed by atoms with Crippen molar-refractivity contribution in [3.63, 3.8) is 0 Å². The quantitative estimate of drug-likeness (QED) is 0.413. The van der Waals surface area contributed by atoms with Crippen LogP contribution in [0, 0.1) is 16.0 Å². The molecule has 0 aliphatic carbocycles. The van der Waals surface area contributed by atoms with Gasteiger partial charge in [0, 0.05) is 6.54 Å². The predicted molar refractivity (Wildman–Crippen MR) is 82.0 cm³/mol. The minimum absolute atomic E-state index is 0.0280. The Morgan fingerprint density at radius 2 is 2.10 bits per heavy atom. The first-order valence-corrected chi connectivity index (χ1v) is 7.14. The molecule has 8 heteroatoms. The van der Waals surface area contributed by atoms with E-state index in [9.17, 15) is 10.1 Å². The Morgan fingerprint density at radius 3 is 2.71 bits per heavy atom. The largest absolute Gasteiger partial charge is 0.370 e. The molecule has 0 spiro atoms. The number of hydrogen-bond acceptors (Lipinski definition) is 7. The molecular formula is C13H22N6O2. The Hall–Kier alpha value is -1.93. The lowest BCUT2D eigenvalue weighted by Crippen LogP contribution is -2.30. The molecule has 2 rings (SSSR count). The third-order valence-corrected chi connectivity index (χ3v) is 3.87. The van der Waals surface area contributed by atoms with Gasteiger partial charge < -0.3 is 15.6 Å². The van der Waals surface area contributed by atoms with Crippen molar-refractivity contribution in [3.05, 3.63) is 22.2 Å². The number of nitrogens with one attached hydrogen (secondary N) is 2. The summed E-state index contributed by atoms with van der Waals surface area (Å²) < 4.78 is 0. The van der Waals surface area contributed by atoms with E-state index in [-0.39, 0.29) is 11.5 Å². The molecule has 0 atom stereocenters. The van der Waals surface area contributed by atoms with Crippen molar-refractivity contribution in [2.45, 2.75) is 19.3 Å². The molecule has 116 valence electrons. The summed E-state index contributed by atoms with van der Waals surface area (Å²) >= 11 is 0. The second-order valence-electron chi connectivity index (χ2n) is 5.46. The molecule has 21 heavy (non-hydrogen) atoms. The number of hydrazine groups is 1. The monoisotopic (exact) mass is 294 g/mol. The van der Waals surface area contributed by atoms with Crippen LogP contribution in [0.1, 0.15) is 19.3 Å². The lowest BCUT2D eigenvalue weighted by Gasteiger charge is -2.28. The topological polar surface area (TPSA) is 109 Å². The van der Waals surface area contributed by atoms with Crippen molar-refractivity contribution in [2.75, 3.05) is 37.4 Å². The van der Waals surface area contributed by atoms with Crippen molar-refractivity contribution in [3.8, 4) is 0 Å². The lowest BCUT2D eigenvalue weighted by molar-refractivity contribution is -0.384. The van der Waals surface area contributed by atoms with E-state index in [2.05, 4.69) is 27.7 Å². The van der Waals surface area contributed by atoms with Gasteiger partial charge in [-0.05, 0) is 45.3 Å². The van der Waals surface area contributed by atoms with Gasteiger partial charge in [-0.1, -0.05) is 0 Å². The molecule has 1 aliphatic heterocycles. The average Bonchev–Trinajstić information content (AvgIpc) is 2.49. The number of nitro groups is 1. The van der Waals surface area contributed by atoms with Gasteiger partial charge in [0.25, 0.3) is 5.69 Å². The van der Waals surface area contributed by atoms with Crippen molar-refractivity contribution in [1.82, 2.24) is 9.88 Å². The Bertz CT molecular complexity index is 488. The predicted octanol–water partition coefficient (Wildman–Crippen LogP) is 1.42. The van der Waals surface area contributed by atoms with E-state index >= 15 is 0 Å².